The van der Waals surface area contributed by atoms with Gasteiger partial charge in [0, 0.05) is 18.0 Å². The molecule has 5 aromatic rings. The quantitative estimate of drug-likeness (QED) is 0.0844. The molecule has 46 heavy (non-hydrogen) atoms. The Morgan fingerprint density at radius 3 is 2.24 bits per heavy atom. The van der Waals surface area contributed by atoms with Crippen LogP contribution in [0.4, 0.5) is 0 Å². The molecule has 3 aromatic carbocycles. The van der Waals surface area contributed by atoms with E-state index in [1.165, 1.54) is 18.6 Å². The summed E-state index contributed by atoms with van der Waals surface area (Å²) in [5, 5.41) is 36.6. The number of pyridine rings is 1. The van der Waals surface area contributed by atoms with Crippen molar-refractivity contribution in [3.8, 4) is 5.75 Å². The lowest BCUT2D eigenvalue weighted by atomic mass is 9.86. The predicted molar refractivity (Wildman–Crippen MR) is 180 cm³/mol. The van der Waals surface area contributed by atoms with Gasteiger partial charge >= 0.3 is 0 Å². The van der Waals surface area contributed by atoms with Gasteiger partial charge in [-0.1, -0.05) is 92.4 Å². The molecule has 0 amide bonds. The number of hydrogen-bond donors (Lipinski definition) is 5. The van der Waals surface area contributed by atoms with Crippen molar-refractivity contribution in [2.45, 2.75) is 56.8 Å². The van der Waals surface area contributed by atoms with E-state index in [-0.39, 0.29) is 17.2 Å². The number of fused-ring (bicyclic) bond motifs is 1. The fraction of sp³-hybridized carbons (Fsp3) is 0.351. The van der Waals surface area contributed by atoms with Gasteiger partial charge in [-0.3, -0.25) is 9.69 Å². The lowest BCUT2D eigenvalue weighted by molar-refractivity contribution is 0.0900. The first-order valence-electron chi connectivity index (χ1n) is 16.1. The molecule has 0 spiro atoms. The predicted octanol–water partition coefficient (Wildman–Crippen LogP) is 5.60. The average Bonchev–Trinajstić information content (AvgIpc) is 3.55. The van der Waals surface area contributed by atoms with E-state index in [1.54, 1.807) is 18.3 Å². The van der Waals surface area contributed by atoms with Crippen LogP contribution in [0.25, 0.3) is 10.9 Å². The van der Waals surface area contributed by atoms with E-state index in [0.29, 0.717) is 46.4 Å². The van der Waals surface area contributed by atoms with Crippen molar-refractivity contribution >= 4 is 10.9 Å². The summed E-state index contributed by atoms with van der Waals surface area (Å²) < 4.78 is 6.14. The smallest absolute Gasteiger partial charge is 0.248 e. The van der Waals surface area contributed by atoms with Crippen molar-refractivity contribution in [3.63, 3.8) is 0 Å². The van der Waals surface area contributed by atoms with Gasteiger partial charge in [-0.15, -0.1) is 0 Å². The van der Waals surface area contributed by atoms with Gasteiger partial charge in [0.25, 0.3) is 0 Å². The first-order valence-corrected chi connectivity index (χ1v) is 16.1. The summed E-state index contributed by atoms with van der Waals surface area (Å²) in [6.07, 6.45) is 7.69. The van der Waals surface area contributed by atoms with Crippen molar-refractivity contribution in [2.75, 3.05) is 26.7 Å². The molecule has 0 aliphatic carbocycles. The van der Waals surface area contributed by atoms with Crippen LogP contribution in [0, 0.1) is 0 Å². The second kappa shape index (κ2) is 15.8. The third-order valence-corrected chi connectivity index (χ3v) is 8.42. The highest BCUT2D eigenvalue weighted by atomic mass is 16.4. The highest BCUT2D eigenvalue weighted by Gasteiger charge is 2.38. The monoisotopic (exact) mass is 624 g/mol. The first kappa shape index (κ1) is 33.1. The zero-order valence-electron chi connectivity index (χ0n) is 26.4. The largest absolute Gasteiger partial charge is 0.506 e. The van der Waals surface area contributed by atoms with Crippen LogP contribution < -0.4 is 10.9 Å². The molecule has 0 aliphatic rings. The second-order valence-electron chi connectivity index (χ2n) is 11.9. The first-order chi connectivity index (χ1) is 22.4. The molecule has 5 N–H and O–H groups in total. The van der Waals surface area contributed by atoms with Gasteiger partial charge in [-0.25, -0.2) is 4.98 Å². The van der Waals surface area contributed by atoms with Gasteiger partial charge in [0.05, 0.1) is 24.4 Å². The van der Waals surface area contributed by atoms with Gasteiger partial charge in [0.2, 0.25) is 11.4 Å². The molecule has 0 unspecified atom stereocenters. The second-order valence-corrected chi connectivity index (χ2v) is 11.9. The highest BCUT2D eigenvalue weighted by Crippen LogP contribution is 2.36. The number of H-pyrrole nitrogens is 1. The van der Waals surface area contributed by atoms with Crippen molar-refractivity contribution in [3.05, 3.63) is 130 Å². The van der Waals surface area contributed by atoms with E-state index in [9.17, 15) is 20.1 Å². The number of aromatic amines is 1. The molecule has 0 saturated heterocycles. The van der Waals surface area contributed by atoms with Gasteiger partial charge in [-0.05, 0) is 61.8 Å². The third kappa shape index (κ3) is 8.10. The summed E-state index contributed by atoms with van der Waals surface area (Å²) in [6, 6.07) is 25.2. The van der Waals surface area contributed by atoms with Crippen LogP contribution >= 0.6 is 0 Å². The maximum absolute atomic E-state index is 11.9. The van der Waals surface area contributed by atoms with Crippen LogP contribution in [0.5, 0.6) is 5.75 Å². The number of aliphatic hydroxyl groups excluding tert-OH is 1. The van der Waals surface area contributed by atoms with E-state index in [1.807, 2.05) is 60.7 Å². The van der Waals surface area contributed by atoms with Crippen molar-refractivity contribution in [1.29, 1.82) is 0 Å². The molecule has 0 radical (unpaired) electrons. The Bertz CT molecular complexity index is 1680. The van der Waals surface area contributed by atoms with E-state index in [4.69, 9.17) is 4.42 Å². The van der Waals surface area contributed by atoms with Crippen molar-refractivity contribution in [1.82, 2.24) is 20.2 Å². The summed E-state index contributed by atoms with van der Waals surface area (Å²) in [5.41, 5.74) is 0.665. The molecular weight excluding hydrogens is 580 g/mol. The number of phenols is 1. The SMILES string of the molecule is CN(CCCCCCCCNC[C@H](O)c1ccc(O)c2[nH]c(=O)ccc12)Cc1cnc(C(O)(c2ccccc2)c2ccccc2)o1. The summed E-state index contributed by atoms with van der Waals surface area (Å²) in [7, 11) is 2.07. The molecule has 2 aromatic heterocycles. The number of nitrogens with one attached hydrogen (secondary N) is 2. The number of rotatable bonds is 17. The Balaban J connectivity index is 0.982. The zero-order chi connectivity index (χ0) is 32.4. The van der Waals surface area contributed by atoms with E-state index < -0.39 is 11.7 Å². The van der Waals surface area contributed by atoms with E-state index in [0.717, 1.165) is 45.2 Å². The molecule has 0 aliphatic heterocycles. The number of nitrogens with zero attached hydrogens (tertiary/aromatic N) is 2. The Kier molecular flexibility index (Phi) is 11.4. The summed E-state index contributed by atoms with van der Waals surface area (Å²) in [5.74, 6) is 0.974. The Morgan fingerprint density at radius 1 is 0.891 bits per heavy atom. The number of unbranched alkanes of at least 4 members (excludes halogenated alkanes) is 5. The molecule has 5 rings (SSSR count). The number of aromatic nitrogens is 2. The number of aromatic hydroxyl groups is 1. The highest BCUT2D eigenvalue weighted by molar-refractivity contribution is 5.87. The fourth-order valence-electron chi connectivity index (χ4n) is 5.90. The minimum atomic E-state index is -1.47. The number of benzene rings is 3. The summed E-state index contributed by atoms with van der Waals surface area (Å²) in [4.78, 5) is 21.0. The zero-order valence-corrected chi connectivity index (χ0v) is 26.4. The standard InChI is InChI=1S/C37H44N4O5/c1-41(26-29-24-39-36(46-29)37(45,27-14-8-6-9-15-27)28-16-10-7-11-17-28)23-13-5-3-2-4-12-22-38-25-33(43)30-18-20-32(42)35-31(30)19-21-34(44)40-35/h6-11,14-21,24,33,38,42-43,45H,2-5,12-13,22-23,25-26H2,1H3,(H,40,44)/t33-/m0/s1. The van der Waals surface area contributed by atoms with Crippen LogP contribution in [0.1, 0.15) is 73.0 Å². The van der Waals surface area contributed by atoms with Crippen LogP contribution in [0.2, 0.25) is 0 Å². The van der Waals surface area contributed by atoms with Gasteiger partial charge < -0.3 is 30.0 Å². The van der Waals surface area contributed by atoms with Gasteiger partial charge in [-0.2, -0.15) is 0 Å². The molecule has 0 saturated carbocycles. The molecule has 242 valence electrons. The number of aliphatic hydroxyl groups is 2. The maximum Gasteiger partial charge on any atom is 0.248 e. The van der Waals surface area contributed by atoms with Crippen molar-refractivity contribution in [2.24, 2.45) is 0 Å². The lowest BCUT2D eigenvalue weighted by Gasteiger charge is -2.26. The number of oxazole rings is 1. The number of phenolic OH excluding ortho intramolecular Hbond substituents is 1. The lowest BCUT2D eigenvalue weighted by Crippen LogP contribution is -2.29. The maximum atomic E-state index is 11.9. The summed E-state index contributed by atoms with van der Waals surface area (Å²) >= 11 is 0. The molecule has 9 nitrogen and oxygen atoms in total. The van der Waals surface area contributed by atoms with Gasteiger partial charge in [0.1, 0.15) is 11.5 Å². The van der Waals surface area contributed by atoms with E-state index >= 15 is 0 Å². The molecule has 0 bridgehead atoms. The molecule has 9 heteroatoms. The molecule has 1 atom stereocenters. The Morgan fingerprint density at radius 2 is 1.54 bits per heavy atom. The Hall–Kier alpha value is -4.28. The van der Waals surface area contributed by atoms with Crippen LogP contribution in [0.3, 0.4) is 0 Å². The van der Waals surface area contributed by atoms with Crippen LogP contribution in [-0.4, -0.2) is 56.9 Å². The fourth-order valence-corrected chi connectivity index (χ4v) is 5.90. The molecule has 2 heterocycles. The minimum absolute atomic E-state index is 0.0102. The number of hydrogen-bond acceptors (Lipinski definition) is 8. The third-order valence-electron chi connectivity index (χ3n) is 8.42. The van der Waals surface area contributed by atoms with E-state index in [2.05, 4.69) is 27.2 Å². The summed E-state index contributed by atoms with van der Waals surface area (Å²) in [6.45, 7) is 2.77. The minimum Gasteiger partial charge on any atom is -0.506 e. The molecular formula is C37H44N4O5. The molecule has 0 fully saturated rings. The van der Waals surface area contributed by atoms with Crippen LogP contribution in [-0.2, 0) is 12.1 Å². The Labute approximate surface area is 269 Å². The average molecular weight is 625 g/mol. The van der Waals surface area contributed by atoms with Crippen LogP contribution in [0.15, 0.2) is 100 Å². The normalized spacial score (nSPS) is 12.6. The van der Waals surface area contributed by atoms with Gasteiger partial charge in [0.15, 0.2) is 5.60 Å². The topological polar surface area (TPSA) is 135 Å². The van der Waals surface area contributed by atoms with Crippen molar-refractivity contribution < 1.29 is 19.7 Å².